The van der Waals surface area contributed by atoms with Crippen molar-refractivity contribution in [3.63, 3.8) is 0 Å². The number of hydrogen-bond acceptors (Lipinski definition) is 4. The van der Waals surface area contributed by atoms with Crippen LogP contribution < -0.4 is 10.1 Å². The van der Waals surface area contributed by atoms with Crippen LogP contribution in [0.4, 0.5) is 0 Å². The summed E-state index contributed by atoms with van der Waals surface area (Å²) in [7, 11) is 3.38. The van der Waals surface area contributed by atoms with E-state index in [1.165, 1.54) is 0 Å². The minimum atomic E-state index is 0.704. The maximum Gasteiger partial charge on any atom is 0.123 e. The van der Waals surface area contributed by atoms with Crippen LogP contribution in [0.15, 0.2) is 35.2 Å². The van der Waals surface area contributed by atoms with Crippen molar-refractivity contribution in [1.82, 2.24) is 14.9 Å². The summed E-state index contributed by atoms with van der Waals surface area (Å²) >= 11 is 3.49. The molecule has 0 unspecified atom stereocenters. The number of nitrogens with one attached hydrogen (secondary N) is 1. The second-order valence-corrected chi connectivity index (χ2v) is 5.58. The van der Waals surface area contributed by atoms with Crippen LogP contribution in [0.2, 0.25) is 0 Å². The number of nitrogens with zero attached hydrogens (tertiary/aromatic N) is 2. The Morgan fingerprint density at radius 1 is 1.33 bits per heavy atom. The summed E-state index contributed by atoms with van der Waals surface area (Å²) < 4.78 is 13.5. The molecule has 21 heavy (non-hydrogen) atoms. The van der Waals surface area contributed by atoms with Gasteiger partial charge in [0, 0.05) is 36.4 Å². The molecule has 1 aromatic heterocycles. The number of hydrogen-bond donors (Lipinski definition) is 1. The summed E-state index contributed by atoms with van der Waals surface area (Å²) in [5, 5.41) is 3.28. The molecule has 0 radical (unpaired) electrons. The smallest absolute Gasteiger partial charge is 0.123 e. The van der Waals surface area contributed by atoms with E-state index in [0.29, 0.717) is 6.61 Å². The van der Waals surface area contributed by atoms with Gasteiger partial charge >= 0.3 is 0 Å². The van der Waals surface area contributed by atoms with Gasteiger partial charge in [0.2, 0.25) is 0 Å². The molecule has 1 heterocycles. The summed E-state index contributed by atoms with van der Waals surface area (Å²) in [5.74, 6) is 0.881. The molecule has 114 valence electrons. The first kappa shape index (κ1) is 16.0. The summed E-state index contributed by atoms with van der Waals surface area (Å²) in [5.41, 5.74) is 2.13. The fraction of sp³-hybridized carbons (Fsp3) is 0.400. The molecule has 2 aromatic rings. The Labute approximate surface area is 133 Å². The maximum atomic E-state index is 5.39. The minimum absolute atomic E-state index is 0.704. The summed E-state index contributed by atoms with van der Waals surface area (Å²) in [4.78, 5) is 4.40. The summed E-state index contributed by atoms with van der Waals surface area (Å²) in [6, 6.07) is 6.00. The van der Waals surface area contributed by atoms with Gasteiger partial charge in [-0.15, -0.1) is 0 Å². The Bertz CT molecular complexity index is 572. The van der Waals surface area contributed by atoms with Crippen LogP contribution in [0.3, 0.4) is 0 Å². The van der Waals surface area contributed by atoms with Gasteiger partial charge in [-0.1, -0.05) is 15.9 Å². The van der Waals surface area contributed by atoms with Gasteiger partial charge in [0.15, 0.2) is 0 Å². The van der Waals surface area contributed by atoms with Gasteiger partial charge in [-0.05, 0) is 18.2 Å². The zero-order chi connectivity index (χ0) is 15.1. The second-order valence-electron chi connectivity index (χ2n) is 4.66. The Balaban J connectivity index is 1.97. The molecule has 0 aliphatic rings. The first-order chi connectivity index (χ1) is 10.2. The van der Waals surface area contributed by atoms with Gasteiger partial charge in [0.25, 0.3) is 0 Å². The molecule has 0 amide bonds. The Hall–Kier alpha value is -1.37. The van der Waals surface area contributed by atoms with Crippen LogP contribution in [0, 0.1) is 0 Å². The molecule has 0 saturated heterocycles. The SMILES string of the molecule is COCCNCc1cn(Cc2cc(Br)ccc2OC)cn1. The van der Waals surface area contributed by atoms with E-state index in [0.717, 1.165) is 41.1 Å². The van der Waals surface area contributed by atoms with E-state index in [4.69, 9.17) is 9.47 Å². The average Bonchev–Trinajstić information content (AvgIpc) is 2.91. The van der Waals surface area contributed by atoms with Gasteiger partial charge < -0.3 is 19.4 Å². The molecule has 5 nitrogen and oxygen atoms in total. The van der Waals surface area contributed by atoms with E-state index in [1.54, 1.807) is 14.2 Å². The molecule has 6 heteroatoms. The molecular weight excluding hydrogens is 334 g/mol. The van der Waals surface area contributed by atoms with Gasteiger partial charge in [0.1, 0.15) is 5.75 Å². The number of aromatic nitrogens is 2. The van der Waals surface area contributed by atoms with Crippen LogP contribution in [0.25, 0.3) is 0 Å². The van der Waals surface area contributed by atoms with E-state index in [9.17, 15) is 0 Å². The average molecular weight is 354 g/mol. The van der Waals surface area contributed by atoms with Crippen molar-refractivity contribution in [2.24, 2.45) is 0 Å². The molecule has 0 aliphatic carbocycles. The normalized spacial score (nSPS) is 10.8. The topological polar surface area (TPSA) is 48.3 Å². The molecule has 0 fully saturated rings. The second kappa shape index (κ2) is 8.17. The van der Waals surface area contributed by atoms with Gasteiger partial charge in [-0.25, -0.2) is 4.98 Å². The fourth-order valence-electron chi connectivity index (χ4n) is 2.04. The molecule has 0 spiro atoms. The first-order valence-electron chi connectivity index (χ1n) is 6.75. The molecule has 0 aliphatic heterocycles. The Kier molecular flexibility index (Phi) is 6.22. The third-order valence-electron chi connectivity index (χ3n) is 3.07. The Morgan fingerprint density at radius 3 is 2.95 bits per heavy atom. The third-order valence-corrected chi connectivity index (χ3v) is 3.56. The van der Waals surface area contributed by atoms with E-state index in [1.807, 2.05) is 24.7 Å². The van der Waals surface area contributed by atoms with E-state index < -0.39 is 0 Å². The lowest BCUT2D eigenvalue weighted by atomic mass is 10.2. The fourth-order valence-corrected chi connectivity index (χ4v) is 2.45. The number of benzene rings is 1. The number of imidazole rings is 1. The predicted molar refractivity (Wildman–Crippen MR) is 85.6 cm³/mol. The molecule has 1 aromatic carbocycles. The van der Waals surface area contributed by atoms with Crippen LogP contribution in [0.5, 0.6) is 5.75 Å². The van der Waals surface area contributed by atoms with Crippen molar-refractivity contribution in [3.8, 4) is 5.75 Å². The lowest BCUT2D eigenvalue weighted by molar-refractivity contribution is 0.199. The number of rotatable bonds is 8. The van der Waals surface area contributed by atoms with Gasteiger partial charge in [-0.3, -0.25) is 0 Å². The molecule has 0 saturated carbocycles. The van der Waals surface area contributed by atoms with E-state index >= 15 is 0 Å². The van der Waals surface area contributed by atoms with Gasteiger partial charge in [-0.2, -0.15) is 0 Å². The monoisotopic (exact) mass is 353 g/mol. The third kappa shape index (κ3) is 4.84. The molecule has 0 atom stereocenters. The lowest BCUT2D eigenvalue weighted by Gasteiger charge is -2.09. The van der Waals surface area contributed by atoms with Crippen LogP contribution in [-0.2, 0) is 17.8 Å². The van der Waals surface area contributed by atoms with Crippen LogP contribution >= 0.6 is 15.9 Å². The summed E-state index contributed by atoms with van der Waals surface area (Å²) in [6.45, 7) is 3.00. The lowest BCUT2D eigenvalue weighted by Crippen LogP contribution is -2.18. The van der Waals surface area contributed by atoms with E-state index in [2.05, 4.69) is 36.9 Å². The quantitative estimate of drug-likeness (QED) is 0.740. The molecule has 1 N–H and O–H groups in total. The maximum absolute atomic E-state index is 5.39. The van der Waals surface area contributed by atoms with Gasteiger partial charge in [0.05, 0.1) is 32.3 Å². The van der Waals surface area contributed by atoms with Crippen molar-refractivity contribution in [1.29, 1.82) is 0 Å². The standard InChI is InChI=1S/C15H20BrN3O2/c1-20-6-5-17-8-14-10-19(11-18-14)9-12-7-13(16)3-4-15(12)21-2/h3-4,7,10-11,17H,5-6,8-9H2,1-2H3. The molecule has 0 bridgehead atoms. The number of halogens is 1. The van der Waals surface area contributed by atoms with Crippen LogP contribution in [0.1, 0.15) is 11.3 Å². The molecule has 2 rings (SSSR count). The minimum Gasteiger partial charge on any atom is -0.496 e. The highest BCUT2D eigenvalue weighted by Gasteiger charge is 2.06. The predicted octanol–water partition coefficient (Wildman–Crippen LogP) is 2.44. The largest absolute Gasteiger partial charge is 0.496 e. The number of methoxy groups -OCH3 is 2. The van der Waals surface area contributed by atoms with Crippen molar-refractivity contribution in [2.45, 2.75) is 13.1 Å². The van der Waals surface area contributed by atoms with Crippen molar-refractivity contribution < 1.29 is 9.47 Å². The van der Waals surface area contributed by atoms with Crippen molar-refractivity contribution in [2.75, 3.05) is 27.4 Å². The van der Waals surface area contributed by atoms with Crippen molar-refractivity contribution in [3.05, 3.63) is 46.5 Å². The summed E-state index contributed by atoms with van der Waals surface area (Å²) in [6.07, 6.45) is 3.88. The first-order valence-corrected chi connectivity index (χ1v) is 7.55. The highest BCUT2D eigenvalue weighted by molar-refractivity contribution is 9.10. The van der Waals surface area contributed by atoms with E-state index in [-0.39, 0.29) is 0 Å². The highest BCUT2D eigenvalue weighted by atomic mass is 79.9. The zero-order valence-electron chi connectivity index (χ0n) is 12.3. The Morgan fingerprint density at radius 2 is 2.19 bits per heavy atom. The molecular formula is C15H20BrN3O2. The van der Waals surface area contributed by atoms with Crippen molar-refractivity contribution >= 4 is 15.9 Å². The highest BCUT2D eigenvalue weighted by Crippen LogP contribution is 2.23. The van der Waals surface area contributed by atoms with Crippen LogP contribution in [-0.4, -0.2) is 36.9 Å². The zero-order valence-corrected chi connectivity index (χ0v) is 13.9. The number of ether oxygens (including phenoxy) is 2.